The van der Waals surface area contributed by atoms with Crippen LogP contribution in [0, 0.1) is 13.8 Å². The summed E-state index contributed by atoms with van der Waals surface area (Å²) < 4.78 is 14.6. The van der Waals surface area contributed by atoms with Gasteiger partial charge in [0.15, 0.2) is 0 Å². The molecule has 48 heavy (non-hydrogen) atoms. The molecule has 10 nitrogen and oxygen atoms in total. The normalized spacial score (nSPS) is 11.9. The van der Waals surface area contributed by atoms with Gasteiger partial charge >= 0.3 is 11.9 Å². The Kier molecular flexibility index (Phi) is 9.75. The number of aryl methyl sites for hydroxylation is 4. The number of carbonyl (C=O) groups excluding carboxylic acids is 2. The molecule has 6 aromatic rings. The van der Waals surface area contributed by atoms with E-state index in [1.807, 2.05) is 38.1 Å². The molecule has 6 rings (SSSR count). The van der Waals surface area contributed by atoms with Crippen molar-refractivity contribution in [3.63, 3.8) is 0 Å². The van der Waals surface area contributed by atoms with Gasteiger partial charge in [0.25, 0.3) is 0 Å². The Bertz CT molecular complexity index is 1980. The van der Waals surface area contributed by atoms with E-state index in [2.05, 4.69) is 79.4 Å². The van der Waals surface area contributed by atoms with Crippen molar-refractivity contribution in [2.45, 2.75) is 39.8 Å². The molecule has 4 aromatic heterocycles. The van der Waals surface area contributed by atoms with Crippen LogP contribution in [0.2, 0.25) is 0 Å². The van der Waals surface area contributed by atoms with Gasteiger partial charge < -0.3 is 28.4 Å². The molecular formula is C38H44N6O4. The third-order valence-corrected chi connectivity index (χ3v) is 9.34. The van der Waals surface area contributed by atoms with Crippen molar-refractivity contribution < 1.29 is 19.1 Å². The minimum Gasteiger partial charge on any atom is -0.464 e. The number of benzene rings is 2. The summed E-state index contributed by atoms with van der Waals surface area (Å²) in [5.74, 6) is -0.837. The summed E-state index contributed by atoms with van der Waals surface area (Å²) >= 11 is 0. The fraction of sp³-hybridized carbons (Fsp3) is 0.368. The van der Waals surface area contributed by atoms with Crippen LogP contribution in [0.15, 0.2) is 60.7 Å². The highest BCUT2D eigenvalue weighted by Crippen LogP contribution is 2.33. The molecule has 0 radical (unpaired) electrons. The van der Waals surface area contributed by atoms with Crippen LogP contribution in [0.4, 0.5) is 0 Å². The van der Waals surface area contributed by atoms with E-state index in [0.29, 0.717) is 11.4 Å². The number of aromatic nitrogens is 4. The van der Waals surface area contributed by atoms with Gasteiger partial charge in [-0.3, -0.25) is 0 Å². The molecular weight excluding hydrogens is 604 g/mol. The van der Waals surface area contributed by atoms with Crippen molar-refractivity contribution >= 4 is 55.6 Å². The van der Waals surface area contributed by atoms with Gasteiger partial charge in [0.1, 0.15) is 11.4 Å². The second-order valence-electron chi connectivity index (χ2n) is 12.6. The van der Waals surface area contributed by atoms with Crippen molar-refractivity contribution in [3.05, 3.63) is 83.4 Å². The third-order valence-electron chi connectivity index (χ3n) is 9.34. The molecule has 0 atom stereocenters. The van der Waals surface area contributed by atoms with Crippen LogP contribution >= 0.6 is 0 Å². The smallest absolute Gasteiger partial charge is 0.356 e. The number of nitrogens with zero attached hydrogens (tertiary/aromatic N) is 6. The standard InChI is InChI=1S/C38H44N6O4/c1-25-35-29(23-31(39-25)37(45)47-5)27-13-7-9-15-33(27)43(35)19-11-17-41(3)21-22-42(4)18-12-20-44-34-16-10-8-14-28(34)30-24-32(38(46)48-6)40-26(2)36(30)44/h7-10,13-16,23-24H,11-12,17-22H2,1-6H3. The second-order valence-corrected chi connectivity index (χ2v) is 12.6. The number of rotatable bonds is 13. The number of fused-ring (bicyclic) bond motifs is 6. The molecule has 0 aliphatic carbocycles. The first-order valence-corrected chi connectivity index (χ1v) is 16.5. The van der Waals surface area contributed by atoms with E-state index < -0.39 is 11.9 Å². The molecule has 0 spiro atoms. The van der Waals surface area contributed by atoms with Gasteiger partial charge in [0.05, 0.1) is 36.6 Å². The fourth-order valence-electron chi connectivity index (χ4n) is 6.98. The number of carbonyl (C=O) groups is 2. The van der Waals surface area contributed by atoms with Crippen LogP contribution in [0.3, 0.4) is 0 Å². The summed E-state index contributed by atoms with van der Waals surface area (Å²) in [7, 11) is 7.15. The van der Waals surface area contributed by atoms with Crippen LogP contribution in [-0.2, 0) is 22.6 Å². The van der Waals surface area contributed by atoms with E-state index in [9.17, 15) is 9.59 Å². The summed E-state index contributed by atoms with van der Waals surface area (Å²) in [4.78, 5) is 38.4. The van der Waals surface area contributed by atoms with Crippen LogP contribution in [-0.4, -0.2) is 95.3 Å². The Labute approximate surface area is 280 Å². The van der Waals surface area contributed by atoms with E-state index in [1.54, 1.807) is 0 Å². The SMILES string of the molecule is COC(=O)c1cc2c3ccccc3n(CCCN(C)CCN(C)CCCn3c4ccccc4c4cc(C(=O)OC)nc(C)c43)c2c(C)n1. The number of ether oxygens (including phenoxy) is 2. The molecule has 0 bridgehead atoms. The van der Waals surface area contributed by atoms with Crippen molar-refractivity contribution in [1.29, 1.82) is 0 Å². The van der Waals surface area contributed by atoms with Gasteiger partial charge in [0.2, 0.25) is 0 Å². The van der Waals surface area contributed by atoms with Gasteiger partial charge in [-0.25, -0.2) is 19.6 Å². The van der Waals surface area contributed by atoms with Crippen molar-refractivity contribution in [1.82, 2.24) is 28.9 Å². The lowest BCUT2D eigenvalue weighted by molar-refractivity contribution is 0.0585. The Balaban J connectivity index is 1.05. The maximum Gasteiger partial charge on any atom is 0.356 e. The minimum atomic E-state index is -0.418. The monoisotopic (exact) mass is 648 g/mol. The van der Waals surface area contributed by atoms with Crippen LogP contribution in [0.5, 0.6) is 0 Å². The van der Waals surface area contributed by atoms with Gasteiger partial charge in [-0.2, -0.15) is 0 Å². The van der Waals surface area contributed by atoms with Gasteiger partial charge in [0, 0.05) is 58.8 Å². The average Bonchev–Trinajstić information content (AvgIpc) is 3.59. The van der Waals surface area contributed by atoms with Crippen LogP contribution < -0.4 is 0 Å². The Morgan fingerprint density at radius 2 is 1.02 bits per heavy atom. The highest BCUT2D eigenvalue weighted by atomic mass is 16.5. The number of hydrogen-bond acceptors (Lipinski definition) is 8. The first-order valence-electron chi connectivity index (χ1n) is 16.5. The van der Waals surface area contributed by atoms with Crippen molar-refractivity contribution in [2.75, 3.05) is 54.5 Å². The molecule has 0 N–H and O–H groups in total. The summed E-state index contributed by atoms with van der Waals surface area (Å²) in [6.07, 6.45) is 1.98. The van der Waals surface area contributed by atoms with Crippen molar-refractivity contribution in [3.8, 4) is 0 Å². The van der Waals surface area contributed by atoms with E-state index >= 15 is 0 Å². The van der Waals surface area contributed by atoms with E-state index in [1.165, 1.54) is 14.2 Å². The maximum absolute atomic E-state index is 12.2. The summed E-state index contributed by atoms with van der Waals surface area (Å²) in [5, 5.41) is 4.31. The minimum absolute atomic E-state index is 0.339. The molecule has 0 aliphatic heterocycles. The third kappa shape index (κ3) is 6.37. The number of methoxy groups -OCH3 is 2. The lowest BCUT2D eigenvalue weighted by Gasteiger charge is -2.22. The van der Waals surface area contributed by atoms with Gasteiger partial charge in [-0.15, -0.1) is 0 Å². The van der Waals surface area contributed by atoms with Gasteiger partial charge in [-0.05, 0) is 78.1 Å². The lowest BCUT2D eigenvalue weighted by atomic mass is 10.1. The summed E-state index contributed by atoms with van der Waals surface area (Å²) in [5.41, 5.74) is 6.79. The van der Waals surface area contributed by atoms with Gasteiger partial charge in [-0.1, -0.05) is 36.4 Å². The summed E-state index contributed by atoms with van der Waals surface area (Å²) in [6.45, 7) is 9.53. The molecule has 2 aromatic carbocycles. The second kappa shape index (κ2) is 14.1. The Morgan fingerprint density at radius 3 is 1.42 bits per heavy atom. The first kappa shape index (κ1) is 33.1. The summed E-state index contributed by atoms with van der Waals surface area (Å²) in [6, 6.07) is 20.4. The number of hydrogen-bond donors (Lipinski definition) is 0. The zero-order valence-electron chi connectivity index (χ0n) is 28.7. The molecule has 0 saturated heterocycles. The highest BCUT2D eigenvalue weighted by molar-refractivity contribution is 6.11. The number of pyridine rings is 2. The Morgan fingerprint density at radius 1 is 0.625 bits per heavy atom. The van der Waals surface area contributed by atoms with E-state index in [-0.39, 0.29) is 0 Å². The zero-order chi connectivity index (χ0) is 33.9. The van der Waals surface area contributed by atoms with Crippen molar-refractivity contribution in [2.24, 2.45) is 0 Å². The predicted octanol–water partition coefficient (Wildman–Crippen LogP) is 6.23. The maximum atomic E-state index is 12.2. The molecule has 0 saturated carbocycles. The Hall–Kier alpha value is -4.80. The molecule has 0 fully saturated rings. The molecule has 0 amide bonds. The highest BCUT2D eigenvalue weighted by Gasteiger charge is 2.19. The number of para-hydroxylation sites is 2. The van der Waals surface area contributed by atoms with E-state index in [0.717, 1.165) is 107 Å². The first-order chi connectivity index (χ1) is 23.2. The molecule has 10 heteroatoms. The number of likely N-dealkylation sites (N-methyl/N-ethyl adjacent to an activating group) is 2. The topological polar surface area (TPSA) is 94.7 Å². The fourth-order valence-corrected chi connectivity index (χ4v) is 6.98. The molecule has 4 heterocycles. The largest absolute Gasteiger partial charge is 0.464 e. The molecule has 0 aliphatic rings. The quantitative estimate of drug-likeness (QED) is 0.136. The average molecular weight is 649 g/mol. The lowest BCUT2D eigenvalue weighted by Crippen LogP contribution is -2.32. The molecule has 0 unspecified atom stereocenters. The van der Waals surface area contributed by atoms with E-state index in [4.69, 9.17) is 9.47 Å². The molecule has 250 valence electrons. The predicted molar refractivity (Wildman–Crippen MR) is 191 cm³/mol. The zero-order valence-corrected chi connectivity index (χ0v) is 28.7. The number of esters is 2. The van der Waals surface area contributed by atoms with Crippen LogP contribution in [0.25, 0.3) is 43.6 Å². The van der Waals surface area contributed by atoms with Crippen LogP contribution in [0.1, 0.15) is 45.2 Å².